The Morgan fingerprint density at radius 3 is 2.79 bits per heavy atom. The smallest absolute Gasteiger partial charge is 0.409 e. The Hall–Kier alpha value is -1.82. The van der Waals surface area contributed by atoms with Crippen LogP contribution in [0.2, 0.25) is 0 Å². The highest BCUT2D eigenvalue weighted by Crippen LogP contribution is 2.10. The molecule has 6 heteroatoms. The fourth-order valence-corrected chi connectivity index (χ4v) is 2.12. The van der Waals surface area contributed by atoms with Gasteiger partial charge in [-0.15, -0.1) is 0 Å². The Labute approximate surface area is 113 Å². The lowest BCUT2D eigenvalue weighted by atomic mass is 10.2. The SMILES string of the molecule is CCOC(=O)N1CCN(Cc2cc(N)ccn2)CC1. The minimum absolute atomic E-state index is 0.218. The summed E-state index contributed by atoms with van der Waals surface area (Å²) < 4.78 is 4.99. The zero-order chi connectivity index (χ0) is 13.7. The van der Waals surface area contributed by atoms with Crippen LogP contribution in [0.25, 0.3) is 0 Å². The average molecular weight is 264 g/mol. The molecule has 1 fully saturated rings. The van der Waals surface area contributed by atoms with Crippen LogP contribution in [0.5, 0.6) is 0 Å². The molecule has 0 atom stereocenters. The standard InChI is InChI=1S/C13H20N4O2/c1-2-19-13(18)17-7-5-16(6-8-17)10-12-9-11(14)3-4-15-12/h3-4,9H,2,5-8,10H2,1H3,(H2,14,15). The first kappa shape index (κ1) is 13.6. The second-order valence-electron chi connectivity index (χ2n) is 4.54. The molecule has 0 radical (unpaired) electrons. The number of rotatable bonds is 3. The van der Waals surface area contributed by atoms with E-state index in [0.29, 0.717) is 19.7 Å². The molecule has 1 saturated heterocycles. The number of nitrogen functional groups attached to an aromatic ring is 1. The molecule has 104 valence electrons. The summed E-state index contributed by atoms with van der Waals surface area (Å²) in [6.07, 6.45) is 1.50. The second kappa shape index (κ2) is 6.38. The lowest BCUT2D eigenvalue weighted by Gasteiger charge is -2.33. The third kappa shape index (κ3) is 3.82. The molecule has 1 aromatic heterocycles. The number of aromatic nitrogens is 1. The van der Waals surface area contributed by atoms with Gasteiger partial charge in [-0.25, -0.2) is 4.79 Å². The first-order chi connectivity index (χ1) is 9.19. The van der Waals surface area contributed by atoms with Crippen molar-refractivity contribution in [2.45, 2.75) is 13.5 Å². The van der Waals surface area contributed by atoms with Gasteiger partial charge in [0.05, 0.1) is 12.3 Å². The molecule has 19 heavy (non-hydrogen) atoms. The zero-order valence-electron chi connectivity index (χ0n) is 11.2. The molecule has 2 rings (SSSR count). The third-order valence-corrected chi connectivity index (χ3v) is 3.12. The highest BCUT2D eigenvalue weighted by molar-refractivity contribution is 5.67. The van der Waals surface area contributed by atoms with Gasteiger partial charge in [-0.1, -0.05) is 0 Å². The third-order valence-electron chi connectivity index (χ3n) is 3.12. The molecule has 0 bridgehead atoms. The molecular weight excluding hydrogens is 244 g/mol. The van der Waals surface area contributed by atoms with Crippen LogP contribution in [0.4, 0.5) is 10.5 Å². The molecule has 0 aromatic carbocycles. The maximum absolute atomic E-state index is 11.6. The van der Waals surface area contributed by atoms with Gasteiger partial charge in [0, 0.05) is 44.6 Å². The van der Waals surface area contributed by atoms with E-state index in [0.717, 1.165) is 31.0 Å². The van der Waals surface area contributed by atoms with Crippen LogP contribution < -0.4 is 5.73 Å². The van der Waals surface area contributed by atoms with E-state index in [9.17, 15) is 4.79 Å². The Morgan fingerprint density at radius 1 is 1.42 bits per heavy atom. The number of amides is 1. The Kier molecular flexibility index (Phi) is 4.57. The number of pyridine rings is 1. The maximum atomic E-state index is 11.6. The summed E-state index contributed by atoms with van der Waals surface area (Å²) in [6.45, 7) is 6.06. The summed E-state index contributed by atoms with van der Waals surface area (Å²) in [5.74, 6) is 0. The normalized spacial score (nSPS) is 16.4. The zero-order valence-corrected chi connectivity index (χ0v) is 11.2. The van der Waals surface area contributed by atoms with Crippen molar-refractivity contribution in [1.82, 2.24) is 14.8 Å². The monoisotopic (exact) mass is 264 g/mol. The van der Waals surface area contributed by atoms with Gasteiger partial charge in [-0.2, -0.15) is 0 Å². The summed E-state index contributed by atoms with van der Waals surface area (Å²) >= 11 is 0. The van der Waals surface area contributed by atoms with E-state index < -0.39 is 0 Å². The summed E-state index contributed by atoms with van der Waals surface area (Å²) in [5, 5.41) is 0. The summed E-state index contributed by atoms with van der Waals surface area (Å²) in [4.78, 5) is 19.9. The minimum Gasteiger partial charge on any atom is -0.450 e. The Bertz CT molecular complexity index is 430. The topological polar surface area (TPSA) is 71.7 Å². The number of carbonyl (C=O) groups excluding carboxylic acids is 1. The number of piperazine rings is 1. The van der Waals surface area contributed by atoms with E-state index in [4.69, 9.17) is 10.5 Å². The quantitative estimate of drug-likeness (QED) is 0.879. The maximum Gasteiger partial charge on any atom is 0.409 e. The lowest BCUT2D eigenvalue weighted by molar-refractivity contribution is 0.0775. The van der Waals surface area contributed by atoms with Gasteiger partial charge >= 0.3 is 6.09 Å². The predicted molar refractivity (Wildman–Crippen MR) is 72.5 cm³/mol. The summed E-state index contributed by atoms with van der Waals surface area (Å²) in [5.41, 5.74) is 7.43. The van der Waals surface area contributed by atoms with E-state index in [1.807, 2.05) is 13.0 Å². The average Bonchev–Trinajstić information content (AvgIpc) is 2.40. The first-order valence-electron chi connectivity index (χ1n) is 6.53. The number of ether oxygens (including phenoxy) is 1. The Morgan fingerprint density at radius 2 is 2.16 bits per heavy atom. The van der Waals surface area contributed by atoms with Gasteiger partial charge in [0.2, 0.25) is 0 Å². The van der Waals surface area contributed by atoms with Gasteiger partial charge in [0.15, 0.2) is 0 Å². The van der Waals surface area contributed by atoms with E-state index in [-0.39, 0.29) is 6.09 Å². The van der Waals surface area contributed by atoms with Crippen molar-refractivity contribution < 1.29 is 9.53 Å². The van der Waals surface area contributed by atoms with Gasteiger partial charge in [0.1, 0.15) is 0 Å². The number of anilines is 1. The predicted octanol–water partition coefficient (Wildman–Crippen LogP) is 0.938. The summed E-state index contributed by atoms with van der Waals surface area (Å²) in [6, 6.07) is 3.67. The molecule has 6 nitrogen and oxygen atoms in total. The van der Waals surface area contributed by atoms with E-state index >= 15 is 0 Å². The molecule has 1 aliphatic rings. The van der Waals surface area contributed by atoms with Crippen molar-refractivity contribution in [2.24, 2.45) is 0 Å². The number of nitrogens with zero attached hydrogens (tertiary/aromatic N) is 3. The molecule has 0 aliphatic carbocycles. The lowest BCUT2D eigenvalue weighted by Crippen LogP contribution is -2.48. The number of nitrogens with two attached hydrogens (primary N) is 1. The molecule has 2 N–H and O–H groups in total. The molecule has 1 amide bonds. The number of hydrogen-bond acceptors (Lipinski definition) is 5. The van der Waals surface area contributed by atoms with Gasteiger partial charge < -0.3 is 15.4 Å². The van der Waals surface area contributed by atoms with Crippen molar-refractivity contribution in [3.63, 3.8) is 0 Å². The van der Waals surface area contributed by atoms with Crippen LogP contribution in [0.1, 0.15) is 12.6 Å². The first-order valence-corrected chi connectivity index (χ1v) is 6.53. The highest BCUT2D eigenvalue weighted by atomic mass is 16.6. The number of hydrogen-bond donors (Lipinski definition) is 1. The van der Waals surface area contributed by atoms with E-state index in [1.165, 1.54) is 0 Å². The number of carbonyl (C=O) groups is 1. The molecular formula is C13H20N4O2. The van der Waals surface area contributed by atoms with Crippen LogP contribution in [0, 0.1) is 0 Å². The van der Waals surface area contributed by atoms with Crippen molar-refractivity contribution in [3.8, 4) is 0 Å². The molecule has 1 aromatic rings. The van der Waals surface area contributed by atoms with E-state index in [2.05, 4.69) is 9.88 Å². The largest absolute Gasteiger partial charge is 0.450 e. The van der Waals surface area contributed by atoms with Gasteiger partial charge in [0.25, 0.3) is 0 Å². The molecule has 2 heterocycles. The summed E-state index contributed by atoms with van der Waals surface area (Å²) in [7, 11) is 0. The van der Waals surface area contributed by atoms with Crippen molar-refractivity contribution in [1.29, 1.82) is 0 Å². The second-order valence-corrected chi connectivity index (χ2v) is 4.54. The van der Waals surface area contributed by atoms with Crippen molar-refractivity contribution in [3.05, 3.63) is 24.0 Å². The fourth-order valence-electron chi connectivity index (χ4n) is 2.12. The van der Waals surface area contributed by atoms with Crippen LogP contribution in [0.15, 0.2) is 18.3 Å². The highest BCUT2D eigenvalue weighted by Gasteiger charge is 2.21. The minimum atomic E-state index is -0.218. The van der Waals surface area contributed by atoms with Gasteiger partial charge in [-0.05, 0) is 19.1 Å². The van der Waals surface area contributed by atoms with Crippen molar-refractivity contribution in [2.75, 3.05) is 38.5 Å². The molecule has 1 aliphatic heterocycles. The van der Waals surface area contributed by atoms with E-state index in [1.54, 1.807) is 17.2 Å². The van der Waals surface area contributed by atoms with Crippen LogP contribution in [-0.4, -0.2) is 53.7 Å². The van der Waals surface area contributed by atoms with Crippen LogP contribution in [-0.2, 0) is 11.3 Å². The Balaban J connectivity index is 1.82. The van der Waals surface area contributed by atoms with Crippen molar-refractivity contribution >= 4 is 11.8 Å². The molecule has 0 saturated carbocycles. The van der Waals surface area contributed by atoms with Crippen LogP contribution >= 0.6 is 0 Å². The molecule has 0 spiro atoms. The molecule has 0 unspecified atom stereocenters. The van der Waals surface area contributed by atoms with Crippen LogP contribution in [0.3, 0.4) is 0 Å². The fraction of sp³-hybridized carbons (Fsp3) is 0.538. The van der Waals surface area contributed by atoms with Gasteiger partial charge in [-0.3, -0.25) is 9.88 Å².